The van der Waals surface area contributed by atoms with Crippen LogP contribution in [0.4, 0.5) is 4.39 Å². The normalized spacial score (nSPS) is 11.3. The van der Waals surface area contributed by atoms with Crippen LogP contribution in [-0.4, -0.2) is 20.9 Å². The van der Waals surface area contributed by atoms with Gasteiger partial charge in [0.05, 0.1) is 4.90 Å². The number of carbonyl (C=O) groups is 1. The van der Waals surface area contributed by atoms with E-state index in [1.807, 2.05) is 0 Å². The van der Waals surface area contributed by atoms with Gasteiger partial charge in [-0.3, -0.25) is 4.79 Å². The molecule has 134 valence electrons. The van der Waals surface area contributed by atoms with Gasteiger partial charge in [0.1, 0.15) is 5.82 Å². The summed E-state index contributed by atoms with van der Waals surface area (Å²) in [7, 11) is -3.66. The molecule has 0 unspecified atom stereocenters. The molecule has 0 heterocycles. The Balaban J connectivity index is 1.81. The molecule has 0 bridgehead atoms. The topological polar surface area (TPSA) is 75.3 Å². The van der Waals surface area contributed by atoms with Crippen molar-refractivity contribution < 1.29 is 17.6 Å². The van der Waals surface area contributed by atoms with Crippen LogP contribution in [0.2, 0.25) is 0 Å². The summed E-state index contributed by atoms with van der Waals surface area (Å²) in [4.78, 5) is 11.9. The maximum Gasteiger partial charge on any atom is 0.240 e. The first-order valence-corrected chi connectivity index (χ1v) is 9.82. The molecular weight excluding hydrogens is 411 g/mol. The second-order valence-electron chi connectivity index (χ2n) is 5.47. The summed E-state index contributed by atoms with van der Waals surface area (Å²) >= 11 is 3.22. The Hall–Kier alpha value is -1.77. The number of carbonyl (C=O) groups excluding carboxylic acids is 1. The first-order valence-electron chi connectivity index (χ1n) is 7.55. The molecule has 0 fully saturated rings. The SMILES string of the molecule is Cc1cc(CNC(=O)CCNS(=O)(=O)c2cccc(Br)c2)ccc1F. The average molecular weight is 429 g/mol. The zero-order valence-electron chi connectivity index (χ0n) is 13.6. The monoisotopic (exact) mass is 428 g/mol. The average Bonchev–Trinajstić information content (AvgIpc) is 2.56. The third kappa shape index (κ3) is 5.91. The highest BCUT2D eigenvalue weighted by Crippen LogP contribution is 2.15. The van der Waals surface area contributed by atoms with Crippen LogP contribution in [0.15, 0.2) is 51.8 Å². The molecule has 0 saturated heterocycles. The van der Waals surface area contributed by atoms with Gasteiger partial charge < -0.3 is 5.32 Å². The summed E-state index contributed by atoms with van der Waals surface area (Å²) in [6.45, 7) is 1.90. The van der Waals surface area contributed by atoms with Crippen LogP contribution in [0.1, 0.15) is 17.5 Å². The van der Waals surface area contributed by atoms with Crippen LogP contribution in [0.25, 0.3) is 0 Å². The molecule has 5 nitrogen and oxygen atoms in total. The number of amides is 1. The molecule has 0 aliphatic rings. The van der Waals surface area contributed by atoms with E-state index in [-0.39, 0.29) is 36.1 Å². The summed E-state index contributed by atoms with van der Waals surface area (Å²) in [6, 6.07) is 10.9. The van der Waals surface area contributed by atoms with Crippen molar-refractivity contribution in [1.29, 1.82) is 0 Å². The summed E-state index contributed by atoms with van der Waals surface area (Å²) in [5.74, 6) is -0.587. The Morgan fingerprint density at radius 3 is 2.64 bits per heavy atom. The number of aryl methyl sites for hydroxylation is 1. The van der Waals surface area contributed by atoms with Crippen molar-refractivity contribution in [2.75, 3.05) is 6.54 Å². The molecule has 2 aromatic rings. The summed E-state index contributed by atoms with van der Waals surface area (Å²) in [5, 5.41) is 2.68. The number of rotatable bonds is 7. The highest BCUT2D eigenvalue weighted by atomic mass is 79.9. The predicted octanol–water partition coefficient (Wildman–Crippen LogP) is 2.88. The first kappa shape index (κ1) is 19.6. The van der Waals surface area contributed by atoms with E-state index in [4.69, 9.17) is 0 Å². The largest absolute Gasteiger partial charge is 0.352 e. The fourth-order valence-electron chi connectivity index (χ4n) is 2.12. The predicted molar refractivity (Wildman–Crippen MR) is 96.9 cm³/mol. The lowest BCUT2D eigenvalue weighted by atomic mass is 10.1. The number of halogens is 2. The van der Waals surface area contributed by atoms with Crippen LogP contribution >= 0.6 is 15.9 Å². The van der Waals surface area contributed by atoms with Crippen LogP contribution < -0.4 is 10.0 Å². The van der Waals surface area contributed by atoms with Gasteiger partial charge in [0.25, 0.3) is 0 Å². The van der Waals surface area contributed by atoms with E-state index in [0.717, 1.165) is 5.56 Å². The quantitative estimate of drug-likeness (QED) is 0.711. The molecule has 2 N–H and O–H groups in total. The molecule has 0 atom stereocenters. The van der Waals surface area contributed by atoms with Crippen molar-refractivity contribution in [2.24, 2.45) is 0 Å². The van der Waals surface area contributed by atoms with Crippen LogP contribution in [0, 0.1) is 12.7 Å². The van der Waals surface area contributed by atoms with Gasteiger partial charge in [0, 0.05) is 24.0 Å². The van der Waals surface area contributed by atoms with E-state index >= 15 is 0 Å². The van der Waals surface area contributed by atoms with Crippen molar-refractivity contribution in [3.05, 3.63) is 63.9 Å². The van der Waals surface area contributed by atoms with Gasteiger partial charge in [0.15, 0.2) is 0 Å². The van der Waals surface area contributed by atoms with E-state index in [0.29, 0.717) is 10.0 Å². The molecule has 0 aromatic heterocycles. The molecule has 0 saturated carbocycles. The Kier molecular flexibility index (Phi) is 6.69. The summed E-state index contributed by atoms with van der Waals surface area (Å²) in [6.07, 6.45) is 0.00735. The molecule has 0 spiro atoms. The lowest BCUT2D eigenvalue weighted by Gasteiger charge is -2.08. The minimum Gasteiger partial charge on any atom is -0.352 e. The van der Waals surface area contributed by atoms with Crippen molar-refractivity contribution in [3.63, 3.8) is 0 Å². The summed E-state index contributed by atoms with van der Waals surface area (Å²) < 4.78 is 40.5. The minimum absolute atomic E-state index is 0.00735. The van der Waals surface area contributed by atoms with E-state index < -0.39 is 10.0 Å². The fraction of sp³-hybridized carbons (Fsp3) is 0.235. The van der Waals surface area contributed by atoms with Crippen molar-refractivity contribution in [3.8, 4) is 0 Å². The molecule has 0 radical (unpaired) electrons. The van der Waals surface area contributed by atoms with Gasteiger partial charge in [-0.05, 0) is 42.3 Å². The minimum atomic E-state index is -3.66. The first-order chi connectivity index (χ1) is 11.8. The molecule has 2 aromatic carbocycles. The maximum atomic E-state index is 13.2. The van der Waals surface area contributed by atoms with Crippen LogP contribution in [-0.2, 0) is 21.4 Å². The number of hydrogen-bond donors (Lipinski definition) is 2. The van der Waals surface area contributed by atoms with Gasteiger partial charge in [-0.2, -0.15) is 0 Å². The van der Waals surface area contributed by atoms with Crippen molar-refractivity contribution in [2.45, 2.75) is 24.8 Å². The van der Waals surface area contributed by atoms with Gasteiger partial charge in [-0.15, -0.1) is 0 Å². The maximum absolute atomic E-state index is 13.2. The lowest BCUT2D eigenvalue weighted by molar-refractivity contribution is -0.121. The smallest absolute Gasteiger partial charge is 0.240 e. The van der Waals surface area contributed by atoms with Gasteiger partial charge in [-0.25, -0.2) is 17.5 Å². The zero-order valence-corrected chi connectivity index (χ0v) is 16.0. The van der Waals surface area contributed by atoms with Gasteiger partial charge >= 0.3 is 0 Å². The van der Waals surface area contributed by atoms with Crippen LogP contribution in [0.5, 0.6) is 0 Å². The molecule has 8 heteroatoms. The number of benzene rings is 2. The summed E-state index contributed by atoms with van der Waals surface area (Å²) in [5.41, 5.74) is 1.29. The van der Waals surface area contributed by atoms with Crippen LogP contribution in [0.3, 0.4) is 0 Å². The molecule has 0 aliphatic heterocycles. The van der Waals surface area contributed by atoms with E-state index in [2.05, 4.69) is 26.0 Å². The third-order valence-corrected chi connectivity index (χ3v) is 5.41. The van der Waals surface area contributed by atoms with E-state index in [1.165, 1.54) is 18.2 Å². The molecule has 25 heavy (non-hydrogen) atoms. The van der Waals surface area contributed by atoms with Crippen molar-refractivity contribution in [1.82, 2.24) is 10.0 Å². The molecule has 2 rings (SSSR count). The van der Waals surface area contributed by atoms with Gasteiger partial charge in [0.2, 0.25) is 15.9 Å². The van der Waals surface area contributed by atoms with Crippen molar-refractivity contribution >= 4 is 31.9 Å². The molecule has 0 aliphatic carbocycles. The number of nitrogens with one attached hydrogen (secondary N) is 2. The number of hydrogen-bond acceptors (Lipinski definition) is 3. The second-order valence-corrected chi connectivity index (χ2v) is 8.15. The van der Waals surface area contributed by atoms with E-state index in [9.17, 15) is 17.6 Å². The Bertz CT molecular complexity index is 872. The lowest BCUT2D eigenvalue weighted by Crippen LogP contribution is -2.30. The highest BCUT2D eigenvalue weighted by molar-refractivity contribution is 9.10. The Morgan fingerprint density at radius 2 is 1.96 bits per heavy atom. The Labute approximate surface area is 154 Å². The zero-order chi connectivity index (χ0) is 18.4. The Morgan fingerprint density at radius 1 is 1.20 bits per heavy atom. The fourth-order valence-corrected chi connectivity index (χ4v) is 3.75. The third-order valence-electron chi connectivity index (χ3n) is 3.46. The van der Waals surface area contributed by atoms with Gasteiger partial charge in [-0.1, -0.05) is 34.1 Å². The van der Waals surface area contributed by atoms with E-state index in [1.54, 1.807) is 31.2 Å². The molecular formula is C17H18BrFN2O3S. The second kappa shape index (κ2) is 8.55. The number of sulfonamides is 1. The highest BCUT2D eigenvalue weighted by Gasteiger charge is 2.14. The molecule has 1 amide bonds. The standard InChI is InChI=1S/C17H18BrFN2O3S/c1-12-9-13(5-6-16(12)19)11-20-17(22)7-8-21-25(23,24)15-4-2-3-14(18)10-15/h2-6,9-10,21H,7-8,11H2,1H3,(H,20,22).